The van der Waals surface area contributed by atoms with Crippen LogP contribution in [0.15, 0.2) is 48.5 Å². The first-order valence-corrected chi connectivity index (χ1v) is 9.00. The molecule has 0 aliphatic carbocycles. The lowest BCUT2D eigenvalue weighted by atomic mass is 9.87. The molecule has 0 aliphatic heterocycles. The van der Waals surface area contributed by atoms with Crippen molar-refractivity contribution in [3.8, 4) is 5.75 Å². The van der Waals surface area contributed by atoms with Gasteiger partial charge in [0, 0.05) is 5.56 Å². The Morgan fingerprint density at radius 3 is 2.26 bits per heavy atom. The molecular weight excluding hydrogens is 342 g/mol. The van der Waals surface area contributed by atoms with Crippen LogP contribution in [0.2, 0.25) is 0 Å². The Bertz CT molecular complexity index is 776. The molecule has 0 atom stereocenters. The Labute approximate surface area is 160 Å². The van der Waals surface area contributed by atoms with Crippen LogP contribution in [0, 0.1) is 6.92 Å². The van der Waals surface area contributed by atoms with Crippen molar-refractivity contribution in [2.75, 3.05) is 19.8 Å². The van der Waals surface area contributed by atoms with E-state index in [0.717, 1.165) is 16.9 Å². The van der Waals surface area contributed by atoms with Crippen molar-refractivity contribution in [1.29, 1.82) is 0 Å². The first kappa shape index (κ1) is 20.5. The van der Waals surface area contributed by atoms with Gasteiger partial charge in [0.05, 0.1) is 0 Å². The second kappa shape index (κ2) is 9.21. The monoisotopic (exact) mass is 369 g/mol. The molecule has 0 bridgehead atoms. The lowest BCUT2D eigenvalue weighted by Gasteiger charge is -2.19. The summed E-state index contributed by atoms with van der Waals surface area (Å²) in [5.41, 5.74) is 2.71. The van der Waals surface area contributed by atoms with Crippen LogP contribution >= 0.6 is 0 Å². The fourth-order valence-corrected chi connectivity index (χ4v) is 2.45. The SMILES string of the molecule is Cc1ccccc1OCCOC(=O)CNC(=O)c1ccc(C(C)(C)C)cc1. The summed E-state index contributed by atoms with van der Waals surface area (Å²) >= 11 is 0. The third kappa shape index (κ3) is 6.44. The molecule has 27 heavy (non-hydrogen) atoms. The Morgan fingerprint density at radius 1 is 0.963 bits per heavy atom. The van der Waals surface area contributed by atoms with Gasteiger partial charge < -0.3 is 14.8 Å². The van der Waals surface area contributed by atoms with Crippen molar-refractivity contribution in [2.45, 2.75) is 33.1 Å². The molecule has 144 valence electrons. The van der Waals surface area contributed by atoms with Crippen LogP contribution in [-0.2, 0) is 14.9 Å². The van der Waals surface area contributed by atoms with E-state index in [9.17, 15) is 9.59 Å². The quantitative estimate of drug-likeness (QED) is 0.598. The van der Waals surface area contributed by atoms with Gasteiger partial charge in [0.1, 0.15) is 25.5 Å². The highest BCUT2D eigenvalue weighted by molar-refractivity contribution is 5.95. The van der Waals surface area contributed by atoms with Gasteiger partial charge >= 0.3 is 5.97 Å². The summed E-state index contributed by atoms with van der Waals surface area (Å²) in [5.74, 6) is -0.0350. The first-order chi connectivity index (χ1) is 12.8. The van der Waals surface area contributed by atoms with E-state index in [2.05, 4.69) is 26.1 Å². The van der Waals surface area contributed by atoms with Gasteiger partial charge in [-0.1, -0.05) is 51.1 Å². The lowest BCUT2D eigenvalue weighted by Crippen LogP contribution is -2.31. The van der Waals surface area contributed by atoms with Crippen LogP contribution in [-0.4, -0.2) is 31.6 Å². The molecular formula is C22H27NO4. The molecule has 0 saturated heterocycles. The van der Waals surface area contributed by atoms with Gasteiger partial charge in [0.25, 0.3) is 5.91 Å². The topological polar surface area (TPSA) is 64.6 Å². The largest absolute Gasteiger partial charge is 0.490 e. The maximum absolute atomic E-state index is 12.1. The van der Waals surface area contributed by atoms with Crippen molar-refractivity contribution < 1.29 is 19.1 Å². The first-order valence-electron chi connectivity index (χ1n) is 9.00. The zero-order valence-corrected chi connectivity index (χ0v) is 16.4. The highest BCUT2D eigenvalue weighted by Crippen LogP contribution is 2.22. The molecule has 0 aromatic heterocycles. The lowest BCUT2D eigenvalue weighted by molar-refractivity contribution is -0.143. The van der Waals surface area contributed by atoms with E-state index in [1.54, 1.807) is 12.1 Å². The number of nitrogens with one attached hydrogen (secondary N) is 1. The van der Waals surface area contributed by atoms with Gasteiger partial charge in [0.15, 0.2) is 0 Å². The molecule has 5 heteroatoms. The number of esters is 1. The number of hydrogen-bond donors (Lipinski definition) is 1. The second-order valence-corrected chi connectivity index (χ2v) is 7.34. The van der Waals surface area contributed by atoms with Crippen molar-refractivity contribution in [1.82, 2.24) is 5.32 Å². The van der Waals surface area contributed by atoms with Crippen molar-refractivity contribution in [3.05, 3.63) is 65.2 Å². The molecule has 2 rings (SSSR count). The van der Waals surface area contributed by atoms with Crippen molar-refractivity contribution >= 4 is 11.9 Å². The minimum Gasteiger partial charge on any atom is -0.490 e. The van der Waals surface area contributed by atoms with E-state index >= 15 is 0 Å². The Hall–Kier alpha value is -2.82. The van der Waals surface area contributed by atoms with Crippen LogP contribution < -0.4 is 10.1 Å². The summed E-state index contributed by atoms with van der Waals surface area (Å²) < 4.78 is 10.6. The molecule has 0 saturated carbocycles. The van der Waals surface area contributed by atoms with Crippen LogP contribution in [0.1, 0.15) is 42.3 Å². The minimum absolute atomic E-state index is 0.0270. The molecule has 1 N–H and O–H groups in total. The molecule has 2 aromatic carbocycles. The Kier molecular flexibility index (Phi) is 6.99. The van der Waals surface area contributed by atoms with Gasteiger partial charge in [-0.05, 0) is 41.7 Å². The normalized spacial score (nSPS) is 11.0. The van der Waals surface area contributed by atoms with E-state index in [0.29, 0.717) is 5.56 Å². The molecule has 0 unspecified atom stereocenters. The number of carbonyl (C=O) groups is 2. The van der Waals surface area contributed by atoms with Gasteiger partial charge in [-0.2, -0.15) is 0 Å². The fourth-order valence-electron chi connectivity index (χ4n) is 2.45. The zero-order valence-electron chi connectivity index (χ0n) is 16.4. The molecule has 1 amide bonds. The number of hydrogen-bond acceptors (Lipinski definition) is 4. The number of amides is 1. The molecule has 0 radical (unpaired) electrons. The summed E-state index contributed by atoms with van der Waals surface area (Å²) in [6, 6.07) is 15.0. The summed E-state index contributed by atoms with van der Waals surface area (Å²) in [4.78, 5) is 23.9. The summed E-state index contributed by atoms with van der Waals surface area (Å²) in [7, 11) is 0. The van der Waals surface area contributed by atoms with E-state index < -0.39 is 5.97 Å². The predicted molar refractivity (Wildman–Crippen MR) is 105 cm³/mol. The number of para-hydroxylation sites is 1. The molecule has 5 nitrogen and oxygen atoms in total. The van der Waals surface area contributed by atoms with Crippen molar-refractivity contribution in [2.24, 2.45) is 0 Å². The standard InChI is InChI=1S/C22H27NO4/c1-16-7-5-6-8-19(16)26-13-14-27-20(24)15-23-21(25)17-9-11-18(12-10-17)22(2,3)4/h5-12H,13-15H2,1-4H3,(H,23,25). The average Bonchev–Trinajstić information content (AvgIpc) is 2.64. The smallest absolute Gasteiger partial charge is 0.325 e. The third-order valence-electron chi connectivity index (χ3n) is 4.10. The van der Waals surface area contributed by atoms with Gasteiger partial charge in [-0.15, -0.1) is 0 Å². The van der Waals surface area contributed by atoms with Crippen LogP contribution in [0.25, 0.3) is 0 Å². The summed E-state index contributed by atoms with van der Waals surface area (Å²) in [5, 5.41) is 2.57. The maximum atomic E-state index is 12.1. The van der Waals surface area contributed by atoms with Crippen molar-refractivity contribution in [3.63, 3.8) is 0 Å². The maximum Gasteiger partial charge on any atom is 0.325 e. The van der Waals surface area contributed by atoms with Gasteiger partial charge in [-0.25, -0.2) is 0 Å². The molecule has 2 aromatic rings. The zero-order chi connectivity index (χ0) is 19.9. The Morgan fingerprint density at radius 2 is 1.63 bits per heavy atom. The second-order valence-electron chi connectivity index (χ2n) is 7.34. The number of aryl methyl sites for hydroxylation is 1. The predicted octanol–water partition coefficient (Wildman–Crippen LogP) is 3.64. The van der Waals surface area contributed by atoms with E-state index in [-0.39, 0.29) is 31.1 Å². The van der Waals surface area contributed by atoms with E-state index in [1.807, 2.05) is 43.3 Å². The number of carbonyl (C=O) groups excluding carboxylic acids is 2. The highest BCUT2D eigenvalue weighted by Gasteiger charge is 2.14. The van der Waals surface area contributed by atoms with Gasteiger partial charge in [-0.3, -0.25) is 9.59 Å². The molecule has 0 heterocycles. The molecule has 0 spiro atoms. The van der Waals surface area contributed by atoms with E-state index in [4.69, 9.17) is 9.47 Å². The van der Waals surface area contributed by atoms with Crippen LogP contribution in [0.3, 0.4) is 0 Å². The molecule has 0 aliphatic rings. The fraction of sp³-hybridized carbons (Fsp3) is 0.364. The Balaban J connectivity index is 1.70. The number of benzene rings is 2. The third-order valence-corrected chi connectivity index (χ3v) is 4.10. The molecule has 0 fully saturated rings. The average molecular weight is 369 g/mol. The summed E-state index contributed by atoms with van der Waals surface area (Å²) in [6.07, 6.45) is 0. The van der Waals surface area contributed by atoms with Crippen LogP contribution in [0.4, 0.5) is 0 Å². The number of ether oxygens (including phenoxy) is 2. The van der Waals surface area contributed by atoms with Crippen LogP contribution in [0.5, 0.6) is 5.75 Å². The highest BCUT2D eigenvalue weighted by atomic mass is 16.6. The minimum atomic E-state index is -0.497. The summed E-state index contributed by atoms with van der Waals surface area (Å²) in [6.45, 7) is 8.50. The van der Waals surface area contributed by atoms with E-state index in [1.165, 1.54) is 0 Å². The van der Waals surface area contributed by atoms with Gasteiger partial charge in [0.2, 0.25) is 0 Å². The number of rotatable bonds is 7.